The van der Waals surface area contributed by atoms with Crippen LogP contribution in [0.3, 0.4) is 0 Å². The van der Waals surface area contributed by atoms with E-state index in [1.54, 1.807) is 18.2 Å². The average Bonchev–Trinajstić information content (AvgIpc) is 2.41. The van der Waals surface area contributed by atoms with Crippen LogP contribution in [0.1, 0.15) is 30.1 Å². The van der Waals surface area contributed by atoms with Crippen LogP contribution < -0.4 is 0 Å². The second-order valence-electron chi connectivity index (χ2n) is 5.00. The molecule has 1 amide bonds. The Morgan fingerprint density at radius 1 is 1.47 bits per heavy atom. The van der Waals surface area contributed by atoms with Crippen molar-refractivity contribution in [2.45, 2.75) is 25.9 Å². The molecular weight excluding hydrogens is 330 g/mol. The molecule has 1 unspecified atom stereocenters. The Hall–Kier alpha value is -0.580. The Kier molecular flexibility index (Phi) is 4.87. The van der Waals surface area contributed by atoms with Crippen molar-refractivity contribution in [2.24, 2.45) is 5.92 Å². The molecule has 1 fully saturated rings. The summed E-state index contributed by atoms with van der Waals surface area (Å²) in [6, 6.07) is 5.23. The molecule has 1 aromatic carbocycles. The van der Waals surface area contributed by atoms with Crippen LogP contribution in [-0.2, 0) is 0 Å². The number of aliphatic hydroxyl groups excluding tert-OH is 1. The van der Waals surface area contributed by atoms with Crippen LogP contribution in [0.5, 0.6) is 0 Å². The van der Waals surface area contributed by atoms with Crippen LogP contribution in [0.25, 0.3) is 0 Å². The van der Waals surface area contributed by atoms with E-state index in [0.717, 1.165) is 17.3 Å². The second-order valence-corrected chi connectivity index (χ2v) is 6.26. The van der Waals surface area contributed by atoms with Crippen LogP contribution in [0.4, 0.5) is 0 Å². The molecule has 2 rings (SSSR count). The largest absolute Gasteiger partial charge is 0.393 e. The number of rotatable bonds is 2. The zero-order valence-electron chi connectivity index (χ0n) is 10.8. The van der Waals surface area contributed by atoms with Crippen molar-refractivity contribution in [1.29, 1.82) is 0 Å². The van der Waals surface area contributed by atoms with E-state index in [2.05, 4.69) is 15.9 Å². The van der Waals surface area contributed by atoms with E-state index >= 15 is 0 Å². The Bertz CT molecular complexity index is 471. The first-order chi connectivity index (χ1) is 8.99. The van der Waals surface area contributed by atoms with Crippen molar-refractivity contribution in [3.8, 4) is 0 Å². The minimum atomic E-state index is -0.290. The smallest absolute Gasteiger partial charge is 0.253 e. The molecule has 1 aliphatic heterocycles. The quantitative estimate of drug-likeness (QED) is 0.892. The predicted octanol–water partition coefficient (Wildman–Crippen LogP) is 3.34. The van der Waals surface area contributed by atoms with Crippen LogP contribution >= 0.6 is 27.5 Å². The van der Waals surface area contributed by atoms with Gasteiger partial charge in [0.1, 0.15) is 0 Å². The summed E-state index contributed by atoms with van der Waals surface area (Å²) in [5, 5.41) is 10.2. The maximum atomic E-state index is 12.3. The summed E-state index contributed by atoms with van der Waals surface area (Å²) < 4.78 is 0.735. The Morgan fingerprint density at radius 2 is 2.11 bits per heavy atom. The number of hydrogen-bond donors (Lipinski definition) is 1. The third-order valence-corrected chi connectivity index (χ3v) is 4.89. The van der Waals surface area contributed by atoms with Crippen LogP contribution in [-0.4, -0.2) is 35.1 Å². The highest BCUT2D eigenvalue weighted by molar-refractivity contribution is 9.10. The molecule has 0 aliphatic carbocycles. The monoisotopic (exact) mass is 345 g/mol. The lowest BCUT2D eigenvalue weighted by molar-refractivity contribution is 0.0521. The number of amides is 1. The molecule has 0 saturated carbocycles. The maximum Gasteiger partial charge on any atom is 0.253 e. The van der Waals surface area contributed by atoms with Gasteiger partial charge in [0, 0.05) is 23.1 Å². The summed E-state index contributed by atoms with van der Waals surface area (Å²) >= 11 is 9.26. The first kappa shape index (κ1) is 14.8. The molecule has 0 aromatic heterocycles. The summed E-state index contributed by atoms with van der Waals surface area (Å²) in [5.41, 5.74) is 0.645. The van der Waals surface area contributed by atoms with Gasteiger partial charge in [-0.3, -0.25) is 4.79 Å². The molecule has 0 radical (unpaired) electrons. The van der Waals surface area contributed by atoms with Gasteiger partial charge in [0.2, 0.25) is 0 Å². The van der Waals surface area contributed by atoms with Crippen molar-refractivity contribution >= 4 is 33.4 Å². The van der Waals surface area contributed by atoms with E-state index in [4.69, 9.17) is 11.6 Å². The number of hydrogen-bond acceptors (Lipinski definition) is 2. The molecular formula is C14H17BrClNO2. The van der Waals surface area contributed by atoms with Gasteiger partial charge in [0.15, 0.2) is 0 Å². The standard InChI is InChI=1S/C14H17BrClNO2/c1-9(18)10-4-6-17(7-5-10)14(19)11-2-3-13(16)12(15)8-11/h2-3,8-10,18H,4-7H2,1H3. The Morgan fingerprint density at radius 3 is 2.63 bits per heavy atom. The van der Waals surface area contributed by atoms with Gasteiger partial charge in [-0.15, -0.1) is 0 Å². The molecule has 0 spiro atoms. The predicted molar refractivity (Wildman–Crippen MR) is 79.5 cm³/mol. The van der Waals surface area contributed by atoms with Crippen molar-refractivity contribution in [1.82, 2.24) is 4.90 Å². The van der Waals surface area contributed by atoms with Gasteiger partial charge < -0.3 is 10.0 Å². The number of nitrogens with zero attached hydrogens (tertiary/aromatic N) is 1. The molecule has 19 heavy (non-hydrogen) atoms. The van der Waals surface area contributed by atoms with Crippen LogP contribution in [0.15, 0.2) is 22.7 Å². The minimum absolute atomic E-state index is 0.0291. The van der Waals surface area contributed by atoms with Gasteiger partial charge in [0.05, 0.1) is 11.1 Å². The fourth-order valence-corrected chi connectivity index (χ4v) is 2.89. The van der Waals surface area contributed by atoms with Crippen molar-refractivity contribution in [3.63, 3.8) is 0 Å². The highest BCUT2D eigenvalue weighted by atomic mass is 79.9. The zero-order chi connectivity index (χ0) is 14.0. The van der Waals surface area contributed by atoms with Gasteiger partial charge in [-0.25, -0.2) is 0 Å². The summed E-state index contributed by atoms with van der Waals surface area (Å²) in [6.07, 6.45) is 1.43. The third kappa shape index (κ3) is 3.50. The van der Waals surface area contributed by atoms with E-state index in [-0.39, 0.29) is 12.0 Å². The molecule has 104 valence electrons. The van der Waals surface area contributed by atoms with Crippen molar-refractivity contribution in [3.05, 3.63) is 33.3 Å². The van der Waals surface area contributed by atoms with E-state index in [0.29, 0.717) is 29.6 Å². The van der Waals surface area contributed by atoms with Gasteiger partial charge in [-0.1, -0.05) is 11.6 Å². The molecule has 1 atom stereocenters. The SMILES string of the molecule is CC(O)C1CCN(C(=O)c2ccc(Cl)c(Br)c2)CC1. The molecule has 1 aliphatic rings. The number of benzene rings is 1. The van der Waals surface area contributed by atoms with Gasteiger partial charge in [-0.05, 0) is 59.8 Å². The summed E-state index contributed by atoms with van der Waals surface area (Å²) in [6.45, 7) is 3.22. The highest BCUT2D eigenvalue weighted by Gasteiger charge is 2.26. The lowest BCUT2D eigenvalue weighted by Crippen LogP contribution is -2.40. The van der Waals surface area contributed by atoms with E-state index in [1.807, 2.05) is 11.8 Å². The first-order valence-corrected chi connectivity index (χ1v) is 7.58. The fraction of sp³-hybridized carbons (Fsp3) is 0.500. The molecule has 0 bridgehead atoms. The average molecular weight is 347 g/mol. The second kappa shape index (κ2) is 6.25. The van der Waals surface area contributed by atoms with Gasteiger partial charge in [-0.2, -0.15) is 0 Å². The maximum absolute atomic E-state index is 12.3. The van der Waals surface area contributed by atoms with Gasteiger partial charge >= 0.3 is 0 Å². The lowest BCUT2D eigenvalue weighted by Gasteiger charge is -2.33. The molecule has 1 N–H and O–H groups in total. The summed E-state index contributed by atoms with van der Waals surface area (Å²) in [4.78, 5) is 14.2. The number of aliphatic hydroxyl groups is 1. The molecule has 1 saturated heterocycles. The zero-order valence-corrected chi connectivity index (χ0v) is 13.1. The van der Waals surface area contributed by atoms with Crippen molar-refractivity contribution < 1.29 is 9.90 Å². The first-order valence-electron chi connectivity index (χ1n) is 6.41. The number of halogens is 2. The topological polar surface area (TPSA) is 40.5 Å². The molecule has 3 nitrogen and oxygen atoms in total. The number of carbonyl (C=O) groups is 1. The van der Waals surface area contributed by atoms with Crippen LogP contribution in [0, 0.1) is 5.92 Å². The number of piperidine rings is 1. The van der Waals surface area contributed by atoms with Crippen molar-refractivity contribution in [2.75, 3.05) is 13.1 Å². The summed E-state index contributed by atoms with van der Waals surface area (Å²) in [7, 11) is 0. The molecule has 5 heteroatoms. The van der Waals surface area contributed by atoms with E-state index < -0.39 is 0 Å². The van der Waals surface area contributed by atoms with Crippen LogP contribution in [0.2, 0.25) is 5.02 Å². The normalized spacial score (nSPS) is 18.4. The third-order valence-electron chi connectivity index (χ3n) is 3.68. The number of likely N-dealkylation sites (tertiary alicyclic amines) is 1. The minimum Gasteiger partial charge on any atom is -0.393 e. The van der Waals surface area contributed by atoms with E-state index in [1.165, 1.54) is 0 Å². The lowest BCUT2D eigenvalue weighted by atomic mass is 9.92. The fourth-order valence-electron chi connectivity index (χ4n) is 2.40. The Labute approximate surface area is 126 Å². The number of carbonyl (C=O) groups excluding carboxylic acids is 1. The van der Waals surface area contributed by atoms with E-state index in [9.17, 15) is 9.90 Å². The summed E-state index contributed by atoms with van der Waals surface area (Å²) in [5.74, 6) is 0.336. The molecule has 1 aromatic rings. The molecule has 1 heterocycles. The van der Waals surface area contributed by atoms with Gasteiger partial charge in [0.25, 0.3) is 5.91 Å². The highest BCUT2D eigenvalue weighted by Crippen LogP contribution is 2.26. The Balaban J connectivity index is 2.03.